The highest BCUT2D eigenvalue weighted by molar-refractivity contribution is 7.11. The van der Waals surface area contributed by atoms with E-state index >= 15 is 0 Å². The van der Waals surface area contributed by atoms with E-state index in [0.29, 0.717) is 14.9 Å². The Balaban J connectivity index is 1.88. The maximum Gasteiger partial charge on any atom is 0.273 e. The van der Waals surface area contributed by atoms with E-state index in [0.717, 1.165) is 21.8 Å². The number of carbonyl (C=O) groups excluding carboxylic acids is 1. The first-order valence-corrected chi connectivity index (χ1v) is 11.6. The number of carbonyl (C=O) groups is 1. The Hall–Kier alpha value is -3.73. The van der Waals surface area contributed by atoms with Gasteiger partial charge >= 0.3 is 0 Å². The third-order valence-corrected chi connectivity index (χ3v) is 6.77. The number of thiazole rings is 1. The van der Waals surface area contributed by atoms with Crippen LogP contribution in [0.5, 0.6) is 0 Å². The lowest BCUT2D eigenvalue weighted by Gasteiger charge is -2.13. The van der Waals surface area contributed by atoms with Crippen LogP contribution in [0.15, 0.2) is 83.0 Å². The molecule has 7 heteroatoms. The molecule has 5 nitrogen and oxygen atoms in total. The fourth-order valence-corrected chi connectivity index (χ4v) is 5.08. The lowest BCUT2D eigenvalue weighted by Crippen LogP contribution is -2.34. The van der Waals surface area contributed by atoms with Crippen LogP contribution >= 0.6 is 22.7 Å². The van der Waals surface area contributed by atoms with Crippen LogP contribution in [0.1, 0.15) is 23.4 Å². The summed E-state index contributed by atoms with van der Waals surface area (Å²) < 4.78 is 2.21. The average Bonchev–Trinajstić information content (AvgIpc) is 3.44. The highest BCUT2D eigenvalue weighted by Crippen LogP contribution is 2.12. The zero-order chi connectivity index (χ0) is 22.5. The molecule has 0 saturated carbocycles. The molecule has 4 rings (SSSR count). The van der Waals surface area contributed by atoms with Gasteiger partial charge in [-0.2, -0.15) is 5.26 Å². The van der Waals surface area contributed by atoms with Crippen molar-refractivity contribution in [3.63, 3.8) is 0 Å². The second-order valence-electron chi connectivity index (χ2n) is 7.00. The number of nitrogens with one attached hydrogen (secondary N) is 1. The molecule has 2 aromatic heterocycles. The van der Waals surface area contributed by atoms with E-state index in [9.17, 15) is 14.9 Å². The molecule has 0 spiro atoms. The van der Waals surface area contributed by atoms with E-state index in [1.165, 1.54) is 15.9 Å². The van der Waals surface area contributed by atoms with Gasteiger partial charge in [0.15, 0.2) is 5.57 Å². The standard InChI is InChI=1S/C25H19N3O2S2/c1-17(18-9-4-2-5-10-18)27-23(29)21(16-26)25-28(19-11-6-3-7-12-19)24(30)22(32-25)15-20-13-8-14-31-20/h2-15,17H,1H3,(H,27,29)/b22-15+,25-21-/t17-/m0/s1. The van der Waals surface area contributed by atoms with Crippen LogP contribution in [-0.2, 0) is 4.79 Å². The van der Waals surface area contributed by atoms with E-state index in [1.807, 2.05) is 79.0 Å². The van der Waals surface area contributed by atoms with E-state index in [1.54, 1.807) is 18.2 Å². The first-order valence-electron chi connectivity index (χ1n) is 9.91. The number of hydrogen-bond acceptors (Lipinski definition) is 5. The van der Waals surface area contributed by atoms with Gasteiger partial charge in [0.25, 0.3) is 11.5 Å². The van der Waals surface area contributed by atoms with Crippen molar-refractivity contribution in [2.75, 3.05) is 0 Å². The Bertz CT molecular complexity index is 1450. The van der Waals surface area contributed by atoms with Gasteiger partial charge in [-0.3, -0.25) is 14.2 Å². The van der Waals surface area contributed by atoms with Crippen molar-refractivity contribution in [3.8, 4) is 11.8 Å². The fourth-order valence-electron chi connectivity index (χ4n) is 3.25. The third kappa shape index (κ3) is 4.47. The number of rotatable bonds is 5. The maximum absolute atomic E-state index is 13.3. The van der Waals surface area contributed by atoms with Crippen molar-refractivity contribution in [1.82, 2.24) is 9.88 Å². The minimum Gasteiger partial charge on any atom is -0.345 e. The van der Waals surface area contributed by atoms with Gasteiger partial charge in [0, 0.05) is 4.88 Å². The molecule has 2 heterocycles. The van der Waals surface area contributed by atoms with E-state index in [-0.39, 0.29) is 17.2 Å². The van der Waals surface area contributed by atoms with E-state index in [4.69, 9.17) is 0 Å². The van der Waals surface area contributed by atoms with Crippen LogP contribution in [0, 0.1) is 11.3 Å². The summed E-state index contributed by atoms with van der Waals surface area (Å²) in [5, 5.41) is 14.7. The van der Waals surface area contributed by atoms with Crippen molar-refractivity contribution in [1.29, 1.82) is 5.26 Å². The van der Waals surface area contributed by atoms with Crippen molar-refractivity contribution >= 4 is 40.2 Å². The summed E-state index contributed by atoms with van der Waals surface area (Å²) >= 11 is 2.66. The van der Waals surface area contributed by atoms with Crippen molar-refractivity contribution in [2.45, 2.75) is 13.0 Å². The van der Waals surface area contributed by atoms with Crippen LogP contribution in [0.4, 0.5) is 0 Å². The van der Waals surface area contributed by atoms with Crippen LogP contribution in [0.25, 0.3) is 17.3 Å². The molecule has 0 saturated heterocycles. The van der Waals surface area contributed by atoms with Crippen molar-refractivity contribution in [2.24, 2.45) is 0 Å². The monoisotopic (exact) mass is 457 g/mol. The topological polar surface area (TPSA) is 74.9 Å². The van der Waals surface area contributed by atoms with Crippen molar-refractivity contribution in [3.05, 3.63) is 108 Å². The molecule has 0 fully saturated rings. The maximum atomic E-state index is 13.3. The van der Waals surface area contributed by atoms with Gasteiger partial charge in [0.2, 0.25) is 0 Å². The first-order chi connectivity index (χ1) is 15.6. The number of benzene rings is 2. The molecule has 1 atom stereocenters. The molecule has 1 amide bonds. The molecule has 4 aromatic rings. The first kappa shape index (κ1) is 21.5. The largest absolute Gasteiger partial charge is 0.345 e. The summed E-state index contributed by atoms with van der Waals surface area (Å²) in [5.41, 5.74) is 1.17. The lowest BCUT2D eigenvalue weighted by atomic mass is 10.1. The summed E-state index contributed by atoms with van der Waals surface area (Å²) in [7, 11) is 0. The molecular weight excluding hydrogens is 438 g/mol. The van der Waals surface area contributed by atoms with Gasteiger partial charge in [-0.25, -0.2) is 0 Å². The second-order valence-corrected chi connectivity index (χ2v) is 9.01. The van der Waals surface area contributed by atoms with Crippen LogP contribution < -0.4 is 20.1 Å². The number of amides is 1. The van der Waals surface area contributed by atoms with Crippen LogP contribution in [0.2, 0.25) is 0 Å². The third-order valence-electron chi connectivity index (χ3n) is 4.85. The summed E-state index contributed by atoms with van der Waals surface area (Å²) in [6.07, 6.45) is 1.79. The van der Waals surface area contributed by atoms with E-state index in [2.05, 4.69) is 5.32 Å². The molecule has 0 aliphatic carbocycles. The quantitative estimate of drug-likeness (QED) is 0.500. The number of para-hydroxylation sites is 1. The predicted molar refractivity (Wildman–Crippen MR) is 129 cm³/mol. The SMILES string of the molecule is C[C@H](NC(=O)/C(C#N)=c1\s/c(=C/c2cccs2)c(=O)n1-c1ccccc1)c1ccccc1. The van der Waals surface area contributed by atoms with Crippen molar-refractivity contribution < 1.29 is 4.79 Å². The predicted octanol–water partition coefficient (Wildman–Crippen LogP) is 3.34. The number of thiophene rings is 1. The summed E-state index contributed by atoms with van der Waals surface area (Å²) in [6.45, 7) is 1.86. The zero-order valence-corrected chi connectivity index (χ0v) is 18.8. The van der Waals surface area contributed by atoms with Crippen LogP contribution in [-0.4, -0.2) is 10.5 Å². The highest BCUT2D eigenvalue weighted by Gasteiger charge is 2.19. The molecule has 0 aliphatic rings. The normalized spacial score (nSPS) is 13.3. The molecule has 0 radical (unpaired) electrons. The Labute approximate surface area is 192 Å². The number of hydrogen-bond donors (Lipinski definition) is 1. The van der Waals surface area contributed by atoms with Crippen LogP contribution in [0.3, 0.4) is 0 Å². The van der Waals surface area contributed by atoms with Gasteiger partial charge < -0.3 is 5.32 Å². The van der Waals surface area contributed by atoms with Gasteiger partial charge in [-0.15, -0.1) is 22.7 Å². The zero-order valence-electron chi connectivity index (χ0n) is 17.2. The number of nitriles is 1. The molecule has 0 bridgehead atoms. The molecular formula is C25H19N3O2S2. The molecule has 0 aliphatic heterocycles. The molecule has 2 aromatic carbocycles. The Morgan fingerprint density at radius 2 is 1.75 bits per heavy atom. The minimum absolute atomic E-state index is 0.0930. The molecule has 0 unspecified atom stereocenters. The molecule has 1 N–H and O–H groups in total. The number of nitrogens with zero attached hydrogens (tertiary/aromatic N) is 2. The minimum atomic E-state index is -0.516. The van der Waals surface area contributed by atoms with E-state index < -0.39 is 5.91 Å². The van der Waals surface area contributed by atoms with Gasteiger partial charge in [0.05, 0.1) is 16.3 Å². The van der Waals surface area contributed by atoms with Gasteiger partial charge in [0.1, 0.15) is 10.7 Å². The van der Waals surface area contributed by atoms with Gasteiger partial charge in [-0.05, 0) is 42.1 Å². The lowest BCUT2D eigenvalue weighted by molar-refractivity contribution is -0.116. The number of aromatic nitrogens is 1. The molecule has 32 heavy (non-hydrogen) atoms. The smallest absolute Gasteiger partial charge is 0.273 e. The fraction of sp³-hybridized carbons (Fsp3) is 0.0800. The Morgan fingerprint density at radius 1 is 1.06 bits per heavy atom. The Kier molecular flexibility index (Phi) is 6.45. The Morgan fingerprint density at radius 3 is 2.38 bits per heavy atom. The second kappa shape index (κ2) is 9.60. The highest BCUT2D eigenvalue weighted by atomic mass is 32.1. The average molecular weight is 458 g/mol. The van der Waals surface area contributed by atoms with Gasteiger partial charge in [-0.1, -0.05) is 54.6 Å². The summed E-state index contributed by atoms with van der Waals surface area (Å²) in [4.78, 5) is 27.3. The molecule has 158 valence electrons. The summed E-state index contributed by atoms with van der Waals surface area (Å²) in [6, 6.07) is 24.1. The summed E-state index contributed by atoms with van der Waals surface area (Å²) in [5.74, 6) is -0.516.